The quantitative estimate of drug-likeness (QED) is 0.686. The number of aldehydes is 1. The highest BCUT2D eigenvalue weighted by Gasteiger charge is 2.30. The lowest BCUT2D eigenvalue weighted by molar-refractivity contribution is 0.0892. The molecule has 0 saturated heterocycles. The number of carbonyl (C=O) groups is 1. The Kier molecular flexibility index (Phi) is 4.43. The van der Waals surface area contributed by atoms with E-state index in [4.69, 9.17) is 4.74 Å². The SMILES string of the molecule is CC(C)(C)C1CCC(Oc2cccc3c(C=O)cccc23)CC1. The molecule has 1 aliphatic carbocycles. The Hall–Kier alpha value is -1.83. The number of carbonyl (C=O) groups excluding carboxylic acids is 1. The molecule has 2 aromatic rings. The smallest absolute Gasteiger partial charge is 0.150 e. The van der Waals surface area contributed by atoms with E-state index in [-0.39, 0.29) is 0 Å². The summed E-state index contributed by atoms with van der Waals surface area (Å²) in [5.41, 5.74) is 1.12. The maximum absolute atomic E-state index is 11.2. The van der Waals surface area contributed by atoms with E-state index in [1.165, 1.54) is 12.8 Å². The third kappa shape index (κ3) is 3.41. The van der Waals surface area contributed by atoms with Gasteiger partial charge in [0.15, 0.2) is 6.29 Å². The molecule has 2 nitrogen and oxygen atoms in total. The zero-order valence-electron chi connectivity index (χ0n) is 14.3. The first-order valence-electron chi connectivity index (χ1n) is 8.62. The molecule has 0 heterocycles. The van der Waals surface area contributed by atoms with Crippen molar-refractivity contribution < 1.29 is 9.53 Å². The molecule has 1 aliphatic rings. The molecule has 0 aliphatic heterocycles. The molecule has 0 aromatic heterocycles. The normalized spacial score (nSPS) is 22.0. The summed E-state index contributed by atoms with van der Waals surface area (Å²) in [5.74, 6) is 1.70. The van der Waals surface area contributed by atoms with E-state index < -0.39 is 0 Å². The minimum Gasteiger partial charge on any atom is -0.490 e. The fraction of sp³-hybridized carbons (Fsp3) is 0.476. The summed E-state index contributed by atoms with van der Waals surface area (Å²) in [6.07, 6.45) is 5.91. The van der Waals surface area contributed by atoms with Crippen LogP contribution in [0.4, 0.5) is 0 Å². The van der Waals surface area contributed by atoms with Crippen molar-refractivity contribution in [2.24, 2.45) is 11.3 Å². The Morgan fingerprint density at radius 3 is 2.26 bits per heavy atom. The lowest BCUT2D eigenvalue weighted by Gasteiger charge is -2.37. The summed E-state index contributed by atoms with van der Waals surface area (Å²) in [5, 5.41) is 2.01. The van der Waals surface area contributed by atoms with Gasteiger partial charge >= 0.3 is 0 Å². The molecule has 0 bridgehead atoms. The average molecular weight is 310 g/mol. The lowest BCUT2D eigenvalue weighted by atomic mass is 9.72. The van der Waals surface area contributed by atoms with Gasteiger partial charge in [-0.2, -0.15) is 0 Å². The summed E-state index contributed by atoms with van der Waals surface area (Å²) >= 11 is 0. The van der Waals surface area contributed by atoms with E-state index in [0.29, 0.717) is 11.5 Å². The minimum atomic E-state index is 0.291. The molecule has 2 heteroatoms. The first-order chi connectivity index (χ1) is 11.0. The predicted octanol–water partition coefficient (Wildman–Crippen LogP) is 5.64. The first kappa shape index (κ1) is 16.0. The zero-order valence-corrected chi connectivity index (χ0v) is 14.3. The summed E-state index contributed by atoms with van der Waals surface area (Å²) in [6.45, 7) is 7.01. The van der Waals surface area contributed by atoms with Crippen LogP contribution in [0.1, 0.15) is 56.8 Å². The standard InChI is InChI=1S/C21H26O2/c1-21(2,3)16-10-12-17(13-11-16)23-20-9-5-7-18-15(14-22)6-4-8-19(18)20/h4-9,14,16-17H,10-13H2,1-3H3. The lowest BCUT2D eigenvalue weighted by Crippen LogP contribution is -2.30. The summed E-state index contributed by atoms with van der Waals surface area (Å²) in [4.78, 5) is 11.2. The largest absolute Gasteiger partial charge is 0.490 e. The van der Waals surface area contributed by atoms with E-state index in [2.05, 4.69) is 20.8 Å². The molecule has 2 aromatic carbocycles. The van der Waals surface area contributed by atoms with Gasteiger partial charge in [0.2, 0.25) is 0 Å². The van der Waals surface area contributed by atoms with Gasteiger partial charge in [-0.3, -0.25) is 4.79 Å². The van der Waals surface area contributed by atoms with Gasteiger partial charge in [0.05, 0.1) is 6.10 Å². The number of rotatable bonds is 3. The number of benzene rings is 2. The second-order valence-electron chi connectivity index (χ2n) is 7.77. The summed E-state index contributed by atoms with van der Waals surface area (Å²) in [6, 6.07) is 11.8. The van der Waals surface area contributed by atoms with Gasteiger partial charge in [-0.15, -0.1) is 0 Å². The van der Waals surface area contributed by atoms with Crippen molar-refractivity contribution in [1.29, 1.82) is 0 Å². The van der Waals surface area contributed by atoms with Crippen molar-refractivity contribution in [3.05, 3.63) is 42.0 Å². The fourth-order valence-electron chi connectivity index (χ4n) is 3.74. The van der Waals surface area contributed by atoms with Crippen LogP contribution < -0.4 is 4.74 Å². The van der Waals surface area contributed by atoms with Crippen LogP contribution in [-0.4, -0.2) is 12.4 Å². The van der Waals surface area contributed by atoms with Crippen LogP contribution in [0.5, 0.6) is 5.75 Å². The van der Waals surface area contributed by atoms with Crippen LogP contribution in [0.3, 0.4) is 0 Å². The fourth-order valence-corrected chi connectivity index (χ4v) is 3.74. The molecule has 0 N–H and O–H groups in total. The molecule has 0 atom stereocenters. The van der Waals surface area contributed by atoms with Crippen molar-refractivity contribution >= 4 is 17.1 Å². The van der Waals surface area contributed by atoms with Crippen LogP contribution in [0.25, 0.3) is 10.8 Å². The van der Waals surface area contributed by atoms with Crippen LogP contribution in [-0.2, 0) is 0 Å². The van der Waals surface area contributed by atoms with Crippen molar-refractivity contribution in [3.8, 4) is 5.75 Å². The summed E-state index contributed by atoms with van der Waals surface area (Å²) in [7, 11) is 0. The Bertz CT molecular complexity index is 689. The maximum atomic E-state index is 11.2. The van der Waals surface area contributed by atoms with E-state index in [1.807, 2.05) is 36.4 Å². The van der Waals surface area contributed by atoms with Gasteiger partial charge in [-0.05, 0) is 48.5 Å². The third-order valence-corrected chi connectivity index (χ3v) is 5.24. The Labute approximate surface area is 138 Å². The van der Waals surface area contributed by atoms with Crippen LogP contribution in [0, 0.1) is 11.3 Å². The second kappa shape index (κ2) is 6.35. The van der Waals surface area contributed by atoms with Gasteiger partial charge in [0, 0.05) is 10.9 Å². The third-order valence-electron chi connectivity index (χ3n) is 5.24. The second-order valence-corrected chi connectivity index (χ2v) is 7.77. The summed E-state index contributed by atoms with van der Waals surface area (Å²) < 4.78 is 6.31. The molecule has 0 radical (unpaired) electrons. The van der Waals surface area contributed by atoms with Crippen molar-refractivity contribution in [2.45, 2.75) is 52.6 Å². The molecule has 23 heavy (non-hydrogen) atoms. The monoisotopic (exact) mass is 310 g/mol. The van der Waals surface area contributed by atoms with Crippen LogP contribution in [0.15, 0.2) is 36.4 Å². The molecule has 122 valence electrons. The average Bonchev–Trinajstić information content (AvgIpc) is 2.54. The van der Waals surface area contributed by atoms with Gasteiger partial charge in [0.25, 0.3) is 0 Å². The molecular formula is C21H26O2. The molecular weight excluding hydrogens is 284 g/mol. The van der Waals surface area contributed by atoms with Gasteiger partial charge in [-0.25, -0.2) is 0 Å². The van der Waals surface area contributed by atoms with Crippen LogP contribution in [0.2, 0.25) is 0 Å². The molecule has 0 spiro atoms. The highest BCUT2D eigenvalue weighted by molar-refractivity contribution is 6.00. The Morgan fingerprint density at radius 2 is 1.61 bits per heavy atom. The van der Waals surface area contributed by atoms with E-state index in [1.54, 1.807) is 0 Å². The minimum absolute atomic E-state index is 0.291. The number of hydrogen-bond donors (Lipinski definition) is 0. The first-order valence-corrected chi connectivity index (χ1v) is 8.62. The topological polar surface area (TPSA) is 26.3 Å². The van der Waals surface area contributed by atoms with Crippen molar-refractivity contribution in [2.75, 3.05) is 0 Å². The highest BCUT2D eigenvalue weighted by atomic mass is 16.5. The molecule has 0 amide bonds. The van der Waals surface area contributed by atoms with Gasteiger partial charge in [0.1, 0.15) is 5.75 Å². The molecule has 1 fully saturated rings. The number of ether oxygens (including phenoxy) is 1. The maximum Gasteiger partial charge on any atom is 0.150 e. The Morgan fingerprint density at radius 1 is 0.957 bits per heavy atom. The highest BCUT2D eigenvalue weighted by Crippen LogP contribution is 2.39. The van der Waals surface area contributed by atoms with Crippen molar-refractivity contribution in [1.82, 2.24) is 0 Å². The van der Waals surface area contributed by atoms with Crippen molar-refractivity contribution in [3.63, 3.8) is 0 Å². The van der Waals surface area contributed by atoms with Crippen LogP contribution >= 0.6 is 0 Å². The predicted molar refractivity (Wildman–Crippen MR) is 95.2 cm³/mol. The van der Waals surface area contributed by atoms with Gasteiger partial charge in [-0.1, -0.05) is 51.1 Å². The Balaban J connectivity index is 1.77. The van der Waals surface area contributed by atoms with E-state index >= 15 is 0 Å². The molecule has 1 saturated carbocycles. The molecule has 3 rings (SSSR count). The van der Waals surface area contributed by atoms with E-state index in [0.717, 1.165) is 47.1 Å². The number of hydrogen-bond acceptors (Lipinski definition) is 2. The zero-order chi connectivity index (χ0) is 16.4. The van der Waals surface area contributed by atoms with Gasteiger partial charge < -0.3 is 4.74 Å². The van der Waals surface area contributed by atoms with E-state index in [9.17, 15) is 4.79 Å². The molecule has 0 unspecified atom stereocenters. The number of fused-ring (bicyclic) bond motifs is 1.